The second-order valence-corrected chi connectivity index (χ2v) is 9.82. The van der Waals surface area contributed by atoms with Crippen LogP contribution in [0.4, 0.5) is 0 Å². The Morgan fingerprint density at radius 2 is 1.73 bits per heavy atom. The molecule has 2 unspecified atom stereocenters. The van der Waals surface area contributed by atoms with Crippen molar-refractivity contribution >= 4 is 17.7 Å². The lowest BCUT2D eigenvalue weighted by molar-refractivity contribution is 0.0616. The minimum Gasteiger partial charge on any atom is -0.497 e. The van der Waals surface area contributed by atoms with Crippen LogP contribution in [-0.2, 0) is 5.75 Å². The van der Waals surface area contributed by atoms with E-state index in [1.54, 1.807) is 11.8 Å². The number of amides is 1. The van der Waals surface area contributed by atoms with E-state index in [0.29, 0.717) is 28.4 Å². The molecule has 0 radical (unpaired) electrons. The maximum absolute atomic E-state index is 13.5. The lowest BCUT2D eigenvalue weighted by Crippen LogP contribution is -2.43. The first-order valence-corrected chi connectivity index (χ1v) is 12.2. The summed E-state index contributed by atoms with van der Waals surface area (Å²) >= 11 is 1.48. The van der Waals surface area contributed by atoms with Crippen LogP contribution < -0.4 is 4.74 Å². The highest BCUT2D eigenvalue weighted by Crippen LogP contribution is 2.27. The quantitative estimate of drug-likeness (QED) is 0.399. The average molecular weight is 467 g/mol. The van der Waals surface area contributed by atoms with Gasteiger partial charge in [-0.25, -0.2) is 14.6 Å². The van der Waals surface area contributed by atoms with Gasteiger partial charge in [0.25, 0.3) is 5.91 Å². The number of hydrogen-bond donors (Lipinski definition) is 0. The van der Waals surface area contributed by atoms with E-state index < -0.39 is 0 Å². The highest BCUT2D eigenvalue weighted by atomic mass is 32.2. The number of methoxy groups -OCH3 is 1. The van der Waals surface area contributed by atoms with Crippen molar-refractivity contribution in [2.45, 2.75) is 45.0 Å². The lowest BCUT2D eigenvalue weighted by atomic mass is 9.91. The topological polar surface area (TPSA) is 86.0 Å². The molecule has 33 heavy (non-hydrogen) atoms. The molecule has 0 saturated carbocycles. The molecule has 3 heterocycles. The van der Waals surface area contributed by atoms with Crippen LogP contribution >= 0.6 is 11.8 Å². The van der Waals surface area contributed by atoms with Crippen molar-refractivity contribution in [3.63, 3.8) is 0 Å². The van der Waals surface area contributed by atoms with Crippen LogP contribution in [0.3, 0.4) is 0 Å². The van der Waals surface area contributed by atoms with E-state index in [0.717, 1.165) is 48.0 Å². The molecule has 1 aliphatic rings. The number of carbonyl (C=O) groups excluding carboxylic acids is 1. The molecule has 8 nitrogen and oxygen atoms in total. The molecule has 0 bridgehead atoms. The van der Waals surface area contributed by atoms with Crippen LogP contribution in [-0.4, -0.2) is 56.0 Å². The molecule has 3 aromatic rings. The first kappa shape index (κ1) is 23.2. The van der Waals surface area contributed by atoms with E-state index >= 15 is 0 Å². The second kappa shape index (κ2) is 9.91. The third kappa shape index (κ3) is 5.35. The number of carbonyl (C=O) groups is 1. The standard InChI is InChI=1S/C24H30N6O2S/c1-15-10-16(2)13-29(12-15)23(31)22-21(14-33-24-25-17(3)11-18(4)26-24)30(28-27-22)19-6-8-20(32-5)9-7-19/h6-9,11,15-16H,10,12-14H2,1-5H3. The Balaban J connectivity index is 1.68. The van der Waals surface area contributed by atoms with Gasteiger partial charge < -0.3 is 9.64 Å². The first-order valence-electron chi connectivity index (χ1n) is 11.2. The maximum Gasteiger partial charge on any atom is 0.276 e. The van der Waals surface area contributed by atoms with Crippen LogP contribution in [0.5, 0.6) is 5.75 Å². The van der Waals surface area contributed by atoms with Crippen LogP contribution in [0.2, 0.25) is 0 Å². The molecule has 1 fully saturated rings. The molecule has 0 N–H and O–H groups in total. The first-order chi connectivity index (χ1) is 15.8. The van der Waals surface area contributed by atoms with Gasteiger partial charge in [0.2, 0.25) is 0 Å². The van der Waals surface area contributed by atoms with Gasteiger partial charge in [-0.1, -0.05) is 30.8 Å². The van der Waals surface area contributed by atoms with Gasteiger partial charge in [-0.2, -0.15) is 0 Å². The Morgan fingerprint density at radius 1 is 1.09 bits per heavy atom. The molecule has 0 spiro atoms. The minimum atomic E-state index is -0.0647. The summed E-state index contributed by atoms with van der Waals surface area (Å²) in [6.07, 6.45) is 1.13. The number of rotatable bonds is 6. The summed E-state index contributed by atoms with van der Waals surface area (Å²) in [7, 11) is 1.63. The number of thioether (sulfide) groups is 1. The third-order valence-corrected chi connectivity index (χ3v) is 6.60. The molecule has 2 aromatic heterocycles. The van der Waals surface area contributed by atoms with Crippen molar-refractivity contribution in [1.82, 2.24) is 29.9 Å². The Kier molecular flexibility index (Phi) is 6.97. The molecule has 0 aliphatic carbocycles. The number of aryl methyl sites for hydroxylation is 2. The van der Waals surface area contributed by atoms with Gasteiger partial charge in [-0.15, -0.1) is 5.10 Å². The third-order valence-electron chi connectivity index (χ3n) is 5.74. The monoisotopic (exact) mass is 466 g/mol. The summed E-state index contributed by atoms with van der Waals surface area (Å²) in [4.78, 5) is 24.5. The summed E-state index contributed by atoms with van der Waals surface area (Å²) in [5.41, 5.74) is 3.78. The SMILES string of the molecule is COc1ccc(-n2nnc(C(=O)N3CC(C)CC(C)C3)c2CSc2nc(C)cc(C)n2)cc1. The van der Waals surface area contributed by atoms with Crippen molar-refractivity contribution < 1.29 is 9.53 Å². The summed E-state index contributed by atoms with van der Waals surface area (Å²) < 4.78 is 7.01. The molecule has 1 amide bonds. The molecule has 1 aliphatic heterocycles. The Bertz CT molecular complexity index is 1100. The van der Waals surface area contributed by atoms with Crippen molar-refractivity contribution in [2.24, 2.45) is 11.8 Å². The smallest absolute Gasteiger partial charge is 0.276 e. The summed E-state index contributed by atoms with van der Waals surface area (Å²) in [6.45, 7) is 9.78. The number of hydrogen-bond acceptors (Lipinski definition) is 7. The predicted molar refractivity (Wildman–Crippen MR) is 128 cm³/mol. The second-order valence-electron chi connectivity index (χ2n) is 8.87. The molecule has 174 valence electrons. The van der Waals surface area contributed by atoms with E-state index in [-0.39, 0.29) is 5.91 Å². The molecule has 4 rings (SSSR count). The van der Waals surface area contributed by atoms with E-state index in [9.17, 15) is 4.79 Å². The van der Waals surface area contributed by atoms with Crippen LogP contribution in [0.15, 0.2) is 35.5 Å². The number of ether oxygens (including phenoxy) is 1. The molecule has 9 heteroatoms. The van der Waals surface area contributed by atoms with Crippen LogP contribution in [0.25, 0.3) is 5.69 Å². The molecule has 2 atom stereocenters. The van der Waals surface area contributed by atoms with Crippen molar-refractivity contribution in [2.75, 3.05) is 20.2 Å². The minimum absolute atomic E-state index is 0.0647. The largest absolute Gasteiger partial charge is 0.497 e. The maximum atomic E-state index is 13.5. The number of likely N-dealkylation sites (tertiary alicyclic amines) is 1. The van der Waals surface area contributed by atoms with Crippen LogP contribution in [0, 0.1) is 25.7 Å². The van der Waals surface area contributed by atoms with E-state index in [1.807, 2.05) is 49.1 Å². The fourth-order valence-electron chi connectivity index (χ4n) is 4.40. The van der Waals surface area contributed by atoms with Gasteiger partial charge in [0.05, 0.1) is 18.5 Å². The zero-order valence-electron chi connectivity index (χ0n) is 19.8. The van der Waals surface area contributed by atoms with Gasteiger partial charge in [-0.3, -0.25) is 4.79 Å². The Morgan fingerprint density at radius 3 is 2.33 bits per heavy atom. The van der Waals surface area contributed by atoms with E-state index in [4.69, 9.17) is 4.74 Å². The highest BCUT2D eigenvalue weighted by molar-refractivity contribution is 7.98. The van der Waals surface area contributed by atoms with Gasteiger partial charge in [0.1, 0.15) is 5.75 Å². The predicted octanol–water partition coefficient (Wildman–Crippen LogP) is 4.09. The van der Waals surface area contributed by atoms with Crippen LogP contribution in [0.1, 0.15) is 47.8 Å². The van der Waals surface area contributed by atoms with Gasteiger partial charge in [0.15, 0.2) is 10.9 Å². The fourth-order valence-corrected chi connectivity index (χ4v) is 5.34. The van der Waals surface area contributed by atoms with Crippen molar-refractivity contribution in [3.05, 3.63) is 53.1 Å². The number of aromatic nitrogens is 5. The average Bonchev–Trinajstić information content (AvgIpc) is 3.19. The molecule has 1 saturated heterocycles. The Hall–Kier alpha value is -2.94. The van der Waals surface area contributed by atoms with Gasteiger partial charge in [0, 0.05) is 30.2 Å². The van der Waals surface area contributed by atoms with E-state index in [2.05, 4.69) is 34.1 Å². The number of piperidine rings is 1. The summed E-state index contributed by atoms with van der Waals surface area (Å²) in [5.74, 6) is 2.10. The fraction of sp³-hybridized carbons (Fsp3) is 0.458. The zero-order valence-corrected chi connectivity index (χ0v) is 20.6. The van der Waals surface area contributed by atoms with Gasteiger partial charge >= 0.3 is 0 Å². The zero-order chi connectivity index (χ0) is 23.5. The van der Waals surface area contributed by atoms with Crippen molar-refractivity contribution in [1.29, 1.82) is 0 Å². The molecule has 1 aromatic carbocycles. The van der Waals surface area contributed by atoms with E-state index in [1.165, 1.54) is 11.8 Å². The summed E-state index contributed by atoms with van der Waals surface area (Å²) in [6, 6.07) is 9.51. The van der Waals surface area contributed by atoms with Crippen molar-refractivity contribution in [3.8, 4) is 11.4 Å². The summed E-state index contributed by atoms with van der Waals surface area (Å²) in [5, 5.41) is 9.39. The molecular formula is C24H30N6O2S. The number of nitrogens with zero attached hydrogens (tertiary/aromatic N) is 6. The Labute approximate surface area is 198 Å². The lowest BCUT2D eigenvalue weighted by Gasteiger charge is -2.34. The highest BCUT2D eigenvalue weighted by Gasteiger charge is 2.30. The molecular weight excluding hydrogens is 436 g/mol. The van der Waals surface area contributed by atoms with Gasteiger partial charge in [-0.05, 0) is 62.4 Å². The normalized spacial score (nSPS) is 18.4. The number of benzene rings is 1.